The molecule has 88 valence electrons. The first kappa shape index (κ1) is 12.7. The SMILES string of the molecule is COc1cccc(C(=O)C(O)C(C)(C)C)c1. The summed E-state index contributed by atoms with van der Waals surface area (Å²) in [5.41, 5.74) is 0.0157. The molecule has 1 N–H and O–H groups in total. The van der Waals surface area contributed by atoms with Crippen LogP contribution in [-0.4, -0.2) is 24.1 Å². The monoisotopic (exact) mass is 222 g/mol. The smallest absolute Gasteiger partial charge is 0.191 e. The fraction of sp³-hybridized carbons (Fsp3) is 0.462. The third-order valence-corrected chi connectivity index (χ3v) is 2.42. The number of carbonyl (C=O) groups excluding carboxylic acids is 1. The molecular weight excluding hydrogens is 204 g/mol. The predicted octanol–water partition coefficient (Wildman–Crippen LogP) is 2.28. The first-order valence-electron chi connectivity index (χ1n) is 5.22. The van der Waals surface area contributed by atoms with Gasteiger partial charge >= 0.3 is 0 Å². The van der Waals surface area contributed by atoms with Gasteiger partial charge in [0.25, 0.3) is 0 Å². The van der Waals surface area contributed by atoms with E-state index in [-0.39, 0.29) is 5.78 Å². The Morgan fingerprint density at radius 1 is 1.38 bits per heavy atom. The Morgan fingerprint density at radius 3 is 2.50 bits per heavy atom. The van der Waals surface area contributed by atoms with E-state index in [1.165, 1.54) is 0 Å². The van der Waals surface area contributed by atoms with Crippen LogP contribution in [0.1, 0.15) is 31.1 Å². The van der Waals surface area contributed by atoms with Crippen LogP contribution in [0.4, 0.5) is 0 Å². The van der Waals surface area contributed by atoms with Crippen molar-refractivity contribution >= 4 is 5.78 Å². The van der Waals surface area contributed by atoms with Crippen molar-refractivity contribution in [2.45, 2.75) is 26.9 Å². The molecule has 0 aromatic heterocycles. The number of aliphatic hydroxyl groups excluding tert-OH is 1. The Morgan fingerprint density at radius 2 is 2.00 bits per heavy atom. The molecule has 0 fully saturated rings. The number of ether oxygens (including phenoxy) is 1. The van der Waals surface area contributed by atoms with Gasteiger partial charge in [0, 0.05) is 5.56 Å². The van der Waals surface area contributed by atoms with Gasteiger partial charge in [-0.3, -0.25) is 4.79 Å². The molecule has 1 aromatic carbocycles. The number of hydrogen-bond acceptors (Lipinski definition) is 3. The third kappa shape index (κ3) is 2.83. The summed E-state index contributed by atoms with van der Waals surface area (Å²) in [4.78, 5) is 12.0. The van der Waals surface area contributed by atoms with Crippen molar-refractivity contribution in [3.63, 3.8) is 0 Å². The van der Waals surface area contributed by atoms with Crippen molar-refractivity contribution in [2.24, 2.45) is 5.41 Å². The van der Waals surface area contributed by atoms with Crippen LogP contribution in [0.15, 0.2) is 24.3 Å². The van der Waals surface area contributed by atoms with Gasteiger partial charge < -0.3 is 9.84 Å². The van der Waals surface area contributed by atoms with E-state index in [2.05, 4.69) is 0 Å². The van der Waals surface area contributed by atoms with Crippen LogP contribution in [0.2, 0.25) is 0 Å². The number of ketones is 1. The Balaban J connectivity index is 2.96. The number of methoxy groups -OCH3 is 1. The highest BCUT2D eigenvalue weighted by atomic mass is 16.5. The minimum atomic E-state index is -1.00. The van der Waals surface area contributed by atoms with Crippen molar-refractivity contribution in [1.29, 1.82) is 0 Å². The molecule has 0 amide bonds. The second-order valence-electron chi connectivity index (χ2n) is 4.86. The van der Waals surface area contributed by atoms with E-state index in [0.29, 0.717) is 11.3 Å². The lowest BCUT2D eigenvalue weighted by atomic mass is 9.84. The Labute approximate surface area is 96.1 Å². The standard InChI is InChI=1S/C13H18O3/c1-13(2,3)12(15)11(14)9-6-5-7-10(8-9)16-4/h5-8,12,15H,1-4H3. The molecular formula is C13H18O3. The molecule has 1 rings (SSSR count). The molecule has 1 unspecified atom stereocenters. The summed E-state index contributed by atoms with van der Waals surface area (Å²) in [5, 5.41) is 9.88. The minimum absolute atomic E-state index is 0.272. The van der Waals surface area contributed by atoms with E-state index < -0.39 is 11.5 Å². The summed E-state index contributed by atoms with van der Waals surface area (Å²) in [6.07, 6.45) is -1.00. The van der Waals surface area contributed by atoms with E-state index in [0.717, 1.165) is 0 Å². The maximum atomic E-state index is 12.0. The number of aliphatic hydroxyl groups is 1. The molecule has 3 nitrogen and oxygen atoms in total. The molecule has 3 heteroatoms. The van der Waals surface area contributed by atoms with Gasteiger partial charge in [0.15, 0.2) is 5.78 Å². The van der Waals surface area contributed by atoms with E-state index in [4.69, 9.17) is 4.74 Å². The average molecular weight is 222 g/mol. The van der Waals surface area contributed by atoms with Crippen molar-refractivity contribution in [1.82, 2.24) is 0 Å². The van der Waals surface area contributed by atoms with Crippen LogP contribution in [0.25, 0.3) is 0 Å². The fourth-order valence-corrected chi connectivity index (χ4v) is 1.33. The van der Waals surface area contributed by atoms with Crippen LogP contribution in [0.3, 0.4) is 0 Å². The van der Waals surface area contributed by atoms with Gasteiger partial charge in [-0.05, 0) is 17.5 Å². The summed E-state index contributed by atoms with van der Waals surface area (Å²) in [7, 11) is 1.55. The van der Waals surface area contributed by atoms with Gasteiger partial charge in [0.1, 0.15) is 11.9 Å². The molecule has 0 spiro atoms. The molecule has 0 aliphatic carbocycles. The Hall–Kier alpha value is -1.35. The summed E-state index contributed by atoms with van der Waals surface area (Å²) < 4.78 is 5.04. The fourth-order valence-electron chi connectivity index (χ4n) is 1.33. The number of benzene rings is 1. The van der Waals surface area contributed by atoms with Crippen molar-refractivity contribution in [3.8, 4) is 5.75 Å². The van der Waals surface area contributed by atoms with E-state index in [1.54, 1.807) is 31.4 Å². The topological polar surface area (TPSA) is 46.5 Å². The second kappa shape index (κ2) is 4.66. The van der Waals surface area contributed by atoms with Gasteiger partial charge in [-0.1, -0.05) is 32.9 Å². The quantitative estimate of drug-likeness (QED) is 0.798. The number of carbonyl (C=O) groups is 1. The first-order chi connectivity index (χ1) is 7.36. The summed E-state index contributed by atoms with van der Waals surface area (Å²) in [6, 6.07) is 6.82. The molecule has 1 atom stereocenters. The zero-order valence-electron chi connectivity index (χ0n) is 10.2. The Bertz CT molecular complexity index is 377. The van der Waals surface area contributed by atoms with Crippen LogP contribution in [0.5, 0.6) is 5.75 Å². The van der Waals surface area contributed by atoms with Crippen LogP contribution in [0, 0.1) is 5.41 Å². The zero-order chi connectivity index (χ0) is 12.3. The number of Topliss-reactive ketones (excluding diaryl/α,β-unsaturated/α-hetero) is 1. The van der Waals surface area contributed by atoms with E-state index in [9.17, 15) is 9.90 Å². The van der Waals surface area contributed by atoms with Crippen LogP contribution < -0.4 is 4.74 Å². The second-order valence-corrected chi connectivity index (χ2v) is 4.86. The van der Waals surface area contributed by atoms with Gasteiger partial charge in [-0.15, -0.1) is 0 Å². The van der Waals surface area contributed by atoms with Gasteiger partial charge in [0.05, 0.1) is 7.11 Å². The lowest BCUT2D eigenvalue weighted by Gasteiger charge is -2.24. The van der Waals surface area contributed by atoms with Crippen LogP contribution >= 0.6 is 0 Å². The Kier molecular flexibility index (Phi) is 3.70. The van der Waals surface area contributed by atoms with Crippen LogP contribution in [-0.2, 0) is 0 Å². The highest BCUT2D eigenvalue weighted by Crippen LogP contribution is 2.23. The largest absolute Gasteiger partial charge is 0.497 e. The molecule has 16 heavy (non-hydrogen) atoms. The minimum Gasteiger partial charge on any atom is -0.497 e. The molecule has 0 saturated carbocycles. The molecule has 0 radical (unpaired) electrons. The first-order valence-corrected chi connectivity index (χ1v) is 5.22. The number of rotatable bonds is 3. The molecule has 0 heterocycles. The summed E-state index contributed by atoms with van der Waals surface area (Å²) in [5.74, 6) is 0.346. The van der Waals surface area contributed by atoms with E-state index >= 15 is 0 Å². The molecule has 0 aliphatic rings. The predicted molar refractivity (Wildman–Crippen MR) is 62.8 cm³/mol. The molecule has 0 saturated heterocycles. The van der Waals surface area contributed by atoms with Gasteiger partial charge in [0.2, 0.25) is 0 Å². The molecule has 0 bridgehead atoms. The highest BCUT2D eigenvalue weighted by Gasteiger charge is 2.29. The third-order valence-electron chi connectivity index (χ3n) is 2.42. The van der Waals surface area contributed by atoms with E-state index in [1.807, 2.05) is 20.8 Å². The van der Waals surface area contributed by atoms with Crippen molar-refractivity contribution in [3.05, 3.63) is 29.8 Å². The highest BCUT2D eigenvalue weighted by molar-refractivity contribution is 6.00. The number of hydrogen-bond donors (Lipinski definition) is 1. The maximum Gasteiger partial charge on any atom is 0.191 e. The average Bonchev–Trinajstić information content (AvgIpc) is 2.26. The lowest BCUT2D eigenvalue weighted by Crippen LogP contribution is -2.34. The van der Waals surface area contributed by atoms with Gasteiger partial charge in [-0.25, -0.2) is 0 Å². The molecule has 1 aromatic rings. The summed E-state index contributed by atoms with van der Waals surface area (Å²) in [6.45, 7) is 5.49. The van der Waals surface area contributed by atoms with Gasteiger partial charge in [-0.2, -0.15) is 0 Å². The summed E-state index contributed by atoms with van der Waals surface area (Å²) >= 11 is 0. The molecule has 0 aliphatic heterocycles. The van der Waals surface area contributed by atoms with Crippen molar-refractivity contribution < 1.29 is 14.6 Å². The normalized spacial score (nSPS) is 13.3. The van der Waals surface area contributed by atoms with Crippen molar-refractivity contribution in [2.75, 3.05) is 7.11 Å². The maximum absolute atomic E-state index is 12.0. The lowest BCUT2D eigenvalue weighted by molar-refractivity contribution is 0.0442. The zero-order valence-corrected chi connectivity index (χ0v) is 10.2.